The quantitative estimate of drug-likeness (QED) is 0.643. The van der Waals surface area contributed by atoms with Crippen LogP contribution in [-0.2, 0) is 4.79 Å². The minimum Gasteiger partial charge on any atom is -0.346 e. The molecule has 4 rings (SSSR count). The van der Waals surface area contributed by atoms with Crippen molar-refractivity contribution < 1.29 is 9.59 Å². The maximum absolute atomic E-state index is 13.0. The van der Waals surface area contributed by atoms with E-state index in [-0.39, 0.29) is 42.3 Å². The summed E-state index contributed by atoms with van der Waals surface area (Å²) in [4.78, 5) is 30.0. The number of rotatable bonds is 6. The zero-order chi connectivity index (χ0) is 21.4. The van der Waals surface area contributed by atoms with Gasteiger partial charge in [0.25, 0.3) is 5.91 Å². The molecule has 3 aromatic rings. The van der Waals surface area contributed by atoms with Crippen molar-refractivity contribution in [1.29, 1.82) is 0 Å². The first kappa shape index (κ1) is 20.1. The lowest BCUT2D eigenvalue weighted by atomic mass is 10.0. The van der Waals surface area contributed by atoms with Crippen LogP contribution in [-0.4, -0.2) is 21.4 Å². The predicted octanol–water partition coefficient (Wildman–Crippen LogP) is 4.31. The van der Waals surface area contributed by atoms with E-state index in [2.05, 4.69) is 49.0 Å². The standard InChI is InChI=1S/C24H28N4O2/c1-14(2)22(23-25-18-11-7-8-12-20(18)28(23)15(3)4)27-21(29)13-19-16-9-5-6-10-17(16)24(30)26-19/h5-12,14-15,19,22H,13H2,1-4H3,(H,26,30)(H,27,29)/t19-,22+/m1/s1. The zero-order valence-corrected chi connectivity index (χ0v) is 17.8. The van der Waals surface area contributed by atoms with E-state index in [4.69, 9.17) is 4.98 Å². The van der Waals surface area contributed by atoms with Gasteiger partial charge in [-0.05, 0) is 43.5 Å². The molecule has 2 heterocycles. The van der Waals surface area contributed by atoms with E-state index >= 15 is 0 Å². The fraction of sp³-hybridized carbons (Fsp3) is 0.375. The average Bonchev–Trinajstić information content (AvgIpc) is 3.24. The Balaban J connectivity index is 1.60. The first-order valence-electron chi connectivity index (χ1n) is 10.5. The van der Waals surface area contributed by atoms with Crippen molar-refractivity contribution in [3.8, 4) is 0 Å². The number of benzene rings is 2. The van der Waals surface area contributed by atoms with Crippen molar-refractivity contribution >= 4 is 22.8 Å². The molecule has 2 N–H and O–H groups in total. The molecule has 6 heteroatoms. The Bertz CT molecular complexity index is 1100. The fourth-order valence-corrected chi connectivity index (χ4v) is 4.25. The van der Waals surface area contributed by atoms with Crippen molar-refractivity contribution in [2.75, 3.05) is 0 Å². The first-order chi connectivity index (χ1) is 14.4. The maximum atomic E-state index is 13.0. The van der Waals surface area contributed by atoms with E-state index in [1.807, 2.05) is 36.4 Å². The summed E-state index contributed by atoms with van der Waals surface area (Å²) in [5, 5.41) is 6.11. The molecule has 30 heavy (non-hydrogen) atoms. The van der Waals surface area contributed by atoms with E-state index in [9.17, 15) is 9.59 Å². The molecule has 0 unspecified atom stereocenters. The molecule has 156 valence electrons. The summed E-state index contributed by atoms with van der Waals surface area (Å²) in [5.41, 5.74) is 3.53. The maximum Gasteiger partial charge on any atom is 0.252 e. The minimum atomic E-state index is -0.301. The summed E-state index contributed by atoms with van der Waals surface area (Å²) in [7, 11) is 0. The van der Waals surface area contributed by atoms with Gasteiger partial charge < -0.3 is 15.2 Å². The van der Waals surface area contributed by atoms with Gasteiger partial charge in [0.05, 0.1) is 29.5 Å². The van der Waals surface area contributed by atoms with E-state index in [1.165, 1.54) is 0 Å². The van der Waals surface area contributed by atoms with Crippen molar-refractivity contribution in [2.45, 2.75) is 52.2 Å². The molecule has 0 saturated carbocycles. The van der Waals surface area contributed by atoms with Crippen molar-refractivity contribution in [3.63, 3.8) is 0 Å². The predicted molar refractivity (Wildman–Crippen MR) is 117 cm³/mol. The van der Waals surface area contributed by atoms with Crippen LogP contribution in [0.25, 0.3) is 11.0 Å². The summed E-state index contributed by atoms with van der Waals surface area (Å²) in [6, 6.07) is 15.2. The molecule has 0 saturated heterocycles. The van der Waals surface area contributed by atoms with Gasteiger partial charge in [0.1, 0.15) is 5.82 Å². The molecule has 2 amide bonds. The van der Waals surface area contributed by atoms with E-state index in [1.54, 1.807) is 6.07 Å². The van der Waals surface area contributed by atoms with Crippen LogP contribution in [0.15, 0.2) is 48.5 Å². The molecule has 6 nitrogen and oxygen atoms in total. The summed E-state index contributed by atoms with van der Waals surface area (Å²) < 4.78 is 2.20. The molecular formula is C24H28N4O2. The Morgan fingerprint density at radius 3 is 2.53 bits per heavy atom. The number of imidazole rings is 1. The lowest BCUT2D eigenvalue weighted by Crippen LogP contribution is -2.36. The van der Waals surface area contributed by atoms with Gasteiger partial charge in [-0.2, -0.15) is 0 Å². The number of carbonyl (C=O) groups is 2. The first-order valence-corrected chi connectivity index (χ1v) is 10.5. The molecule has 0 aliphatic carbocycles. The molecule has 1 aliphatic rings. The third kappa shape index (κ3) is 3.58. The topological polar surface area (TPSA) is 76.0 Å². The van der Waals surface area contributed by atoms with Gasteiger partial charge >= 0.3 is 0 Å². The summed E-state index contributed by atoms with van der Waals surface area (Å²) in [6.45, 7) is 8.42. The number of fused-ring (bicyclic) bond motifs is 2. The van der Waals surface area contributed by atoms with E-state index < -0.39 is 0 Å². The monoisotopic (exact) mass is 404 g/mol. The Hall–Kier alpha value is -3.15. The summed E-state index contributed by atoms with van der Waals surface area (Å²) in [5.74, 6) is 0.808. The Kier molecular flexibility index (Phi) is 5.33. The number of para-hydroxylation sites is 2. The summed E-state index contributed by atoms with van der Waals surface area (Å²) in [6.07, 6.45) is 0.202. The van der Waals surface area contributed by atoms with Crippen LogP contribution in [0.2, 0.25) is 0 Å². The zero-order valence-electron chi connectivity index (χ0n) is 17.8. The number of aromatic nitrogens is 2. The normalized spacial score (nSPS) is 16.7. The van der Waals surface area contributed by atoms with Gasteiger partial charge in [0.2, 0.25) is 5.91 Å². The third-order valence-corrected chi connectivity index (χ3v) is 5.68. The van der Waals surface area contributed by atoms with Crippen LogP contribution in [0.4, 0.5) is 0 Å². The Morgan fingerprint density at radius 2 is 1.80 bits per heavy atom. The number of nitrogens with one attached hydrogen (secondary N) is 2. The lowest BCUT2D eigenvalue weighted by Gasteiger charge is -2.25. The lowest BCUT2D eigenvalue weighted by molar-refractivity contribution is -0.122. The molecule has 2 aromatic carbocycles. The van der Waals surface area contributed by atoms with Gasteiger partial charge in [-0.3, -0.25) is 9.59 Å². The second-order valence-electron chi connectivity index (χ2n) is 8.53. The van der Waals surface area contributed by atoms with Gasteiger partial charge in [0.15, 0.2) is 0 Å². The van der Waals surface area contributed by atoms with Crippen LogP contribution in [0.5, 0.6) is 0 Å². The van der Waals surface area contributed by atoms with Crippen molar-refractivity contribution in [2.24, 2.45) is 5.92 Å². The van der Waals surface area contributed by atoms with Crippen LogP contribution in [0, 0.1) is 5.92 Å². The van der Waals surface area contributed by atoms with Crippen LogP contribution < -0.4 is 10.6 Å². The van der Waals surface area contributed by atoms with Gasteiger partial charge in [-0.15, -0.1) is 0 Å². The average molecular weight is 405 g/mol. The molecular weight excluding hydrogens is 376 g/mol. The van der Waals surface area contributed by atoms with Crippen LogP contribution in [0.3, 0.4) is 0 Å². The van der Waals surface area contributed by atoms with Crippen LogP contribution in [0.1, 0.15) is 74.0 Å². The highest BCUT2D eigenvalue weighted by atomic mass is 16.2. The smallest absolute Gasteiger partial charge is 0.252 e. The number of carbonyl (C=O) groups excluding carboxylic acids is 2. The van der Waals surface area contributed by atoms with E-state index in [0.29, 0.717) is 5.56 Å². The van der Waals surface area contributed by atoms with Crippen molar-refractivity contribution in [3.05, 3.63) is 65.5 Å². The second kappa shape index (κ2) is 7.94. The van der Waals surface area contributed by atoms with Gasteiger partial charge in [0, 0.05) is 11.6 Å². The molecule has 0 bridgehead atoms. The fourth-order valence-electron chi connectivity index (χ4n) is 4.25. The molecule has 0 spiro atoms. The largest absolute Gasteiger partial charge is 0.346 e. The number of amides is 2. The molecule has 0 radical (unpaired) electrons. The highest BCUT2D eigenvalue weighted by molar-refractivity contribution is 5.99. The van der Waals surface area contributed by atoms with Crippen molar-refractivity contribution in [1.82, 2.24) is 20.2 Å². The number of nitrogens with zero attached hydrogens (tertiary/aromatic N) is 2. The molecule has 2 atom stereocenters. The Morgan fingerprint density at radius 1 is 1.10 bits per heavy atom. The SMILES string of the molecule is CC(C)[C@H](NC(=O)C[C@H]1NC(=O)c2ccccc21)c1nc2ccccc2n1C(C)C. The molecule has 0 fully saturated rings. The Labute approximate surface area is 176 Å². The number of hydrogen-bond acceptors (Lipinski definition) is 3. The summed E-state index contributed by atoms with van der Waals surface area (Å²) >= 11 is 0. The highest BCUT2D eigenvalue weighted by Gasteiger charge is 2.31. The van der Waals surface area contributed by atoms with Crippen LogP contribution >= 0.6 is 0 Å². The number of hydrogen-bond donors (Lipinski definition) is 2. The van der Waals surface area contributed by atoms with E-state index in [0.717, 1.165) is 22.4 Å². The molecule has 1 aliphatic heterocycles. The van der Waals surface area contributed by atoms with Gasteiger partial charge in [-0.1, -0.05) is 44.2 Å². The highest BCUT2D eigenvalue weighted by Crippen LogP contribution is 2.31. The minimum absolute atomic E-state index is 0.0990. The van der Waals surface area contributed by atoms with Gasteiger partial charge in [-0.25, -0.2) is 4.98 Å². The third-order valence-electron chi connectivity index (χ3n) is 5.68. The molecule has 1 aromatic heterocycles. The second-order valence-corrected chi connectivity index (χ2v) is 8.53.